The fourth-order valence-electron chi connectivity index (χ4n) is 2.94. The predicted molar refractivity (Wildman–Crippen MR) is 125 cm³/mol. The van der Waals surface area contributed by atoms with Crippen molar-refractivity contribution in [3.8, 4) is 11.5 Å². The molecule has 0 fully saturated rings. The van der Waals surface area contributed by atoms with Crippen molar-refractivity contribution in [1.29, 1.82) is 0 Å². The number of carbonyl (C=O) groups excluding carboxylic acids is 1. The van der Waals surface area contributed by atoms with Crippen molar-refractivity contribution in [2.75, 3.05) is 18.9 Å². The van der Waals surface area contributed by atoms with E-state index in [2.05, 4.69) is 20.4 Å². The quantitative estimate of drug-likeness (QED) is 0.140. The van der Waals surface area contributed by atoms with Crippen molar-refractivity contribution >= 4 is 17.5 Å². The van der Waals surface area contributed by atoms with Crippen molar-refractivity contribution < 1.29 is 14.3 Å². The zero-order valence-corrected chi connectivity index (χ0v) is 18.2. The van der Waals surface area contributed by atoms with Crippen molar-refractivity contribution in [1.82, 2.24) is 0 Å². The van der Waals surface area contributed by atoms with Gasteiger partial charge in [0, 0.05) is 11.3 Å². The first kappa shape index (κ1) is 23.3. The highest BCUT2D eigenvalue weighted by atomic mass is 16.5. The van der Waals surface area contributed by atoms with Crippen LogP contribution < -0.4 is 15.2 Å². The molecular formula is C26H33NO3. The summed E-state index contributed by atoms with van der Waals surface area (Å²) in [7, 11) is 0. The lowest BCUT2D eigenvalue weighted by molar-refractivity contribution is 0.104. The Labute approximate surface area is 180 Å². The first-order valence-corrected chi connectivity index (χ1v) is 10.7. The molecule has 0 aromatic heterocycles. The van der Waals surface area contributed by atoms with Gasteiger partial charge in [-0.25, -0.2) is 0 Å². The number of nitrogen functional groups attached to an aromatic ring is 1. The molecule has 0 saturated carbocycles. The summed E-state index contributed by atoms with van der Waals surface area (Å²) in [5.74, 6) is 1.39. The van der Waals surface area contributed by atoms with Crippen molar-refractivity contribution in [3.05, 3.63) is 71.8 Å². The number of unbranched alkanes of at least 4 members (excludes halogenated alkanes) is 2. The minimum Gasteiger partial charge on any atom is -0.493 e. The molecule has 0 saturated heterocycles. The number of carbonyl (C=O) groups is 1. The van der Waals surface area contributed by atoms with E-state index < -0.39 is 0 Å². The molecule has 2 aromatic carbocycles. The average Bonchev–Trinajstić information content (AvgIpc) is 2.75. The summed E-state index contributed by atoms with van der Waals surface area (Å²) in [6.07, 6.45) is 9.93. The Morgan fingerprint density at radius 2 is 1.67 bits per heavy atom. The van der Waals surface area contributed by atoms with Crippen LogP contribution in [-0.2, 0) is 6.42 Å². The molecule has 2 N–H and O–H groups in total. The average molecular weight is 408 g/mol. The van der Waals surface area contributed by atoms with Gasteiger partial charge < -0.3 is 15.2 Å². The Bertz CT molecular complexity index is 853. The van der Waals surface area contributed by atoms with Crippen LogP contribution in [0.15, 0.2) is 55.1 Å². The summed E-state index contributed by atoms with van der Waals surface area (Å²) >= 11 is 0. The molecule has 0 radical (unpaired) electrons. The Balaban J connectivity index is 2.41. The van der Waals surface area contributed by atoms with Crippen LogP contribution in [-0.4, -0.2) is 19.0 Å². The number of ether oxygens (including phenoxy) is 2. The Morgan fingerprint density at radius 1 is 1.00 bits per heavy atom. The molecule has 0 bridgehead atoms. The van der Waals surface area contributed by atoms with E-state index in [-0.39, 0.29) is 5.78 Å². The Kier molecular flexibility index (Phi) is 9.72. The summed E-state index contributed by atoms with van der Waals surface area (Å²) in [5, 5.41) is 0. The van der Waals surface area contributed by atoms with Crippen LogP contribution in [0.5, 0.6) is 11.5 Å². The van der Waals surface area contributed by atoms with Crippen molar-refractivity contribution in [3.63, 3.8) is 0 Å². The van der Waals surface area contributed by atoms with Gasteiger partial charge in [-0.15, -0.1) is 6.58 Å². The largest absolute Gasteiger partial charge is 0.493 e. The maximum Gasteiger partial charge on any atom is 0.185 e. The molecule has 0 heterocycles. The fraction of sp³-hybridized carbons (Fsp3) is 0.346. The van der Waals surface area contributed by atoms with E-state index in [1.807, 2.05) is 18.2 Å². The van der Waals surface area contributed by atoms with Crippen LogP contribution >= 0.6 is 0 Å². The molecule has 0 aliphatic rings. The van der Waals surface area contributed by atoms with Crippen LogP contribution in [0, 0.1) is 0 Å². The second kappa shape index (κ2) is 12.5. The lowest BCUT2D eigenvalue weighted by Gasteiger charge is -2.17. The number of rotatable bonds is 13. The molecule has 0 spiro atoms. The number of nitrogens with two attached hydrogens (primary N) is 1. The van der Waals surface area contributed by atoms with Gasteiger partial charge in [-0.1, -0.05) is 38.8 Å². The highest BCUT2D eigenvalue weighted by Crippen LogP contribution is 2.35. The monoisotopic (exact) mass is 407 g/mol. The van der Waals surface area contributed by atoms with Crippen LogP contribution in [0.25, 0.3) is 6.08 Å². The first-order chi connectivity index (χ1) is 14.6. The smallest absolute Gasteiger partial charge is 0.185 e. The molecule has 4 heteroatoms. The topological polar surface area (TPSA) is 61.5 Å². The first-order valence-electron chi connectivity index (χ1n) is 10.7. The van der Waals surface area contributed by atoms with Gasteiger partial charge in [0.15, 0.2) is 5.78 Å². The molecule has 0 unspecified atom stereocenters. The Hall–Kier alpha value is -3.01. The molecule has 30 heavy (non-hydrogen) atoms. The predicted octanol–water partition coefficient (Wildman–Crippen LogP) is 6.25. The second-order valence-electron chi connectivity index (χ2n) is 7.18. The van der Waals surface area contributed by atoms with E-state index >= 15 is 0 Å². The van der Waals surface area contributed by atoms with E-state index in [1.54, 1.807) is 36.4 Å². The van der Waals surface area contributed by atoms with Crippen LogP contribution in [0.2, 0.25) is 0 Å². The fourth-order valence-corrected chi connectivity index (χ4v) is 2.94. The summed E-state index contributed by atoms with van der Waals surface area (Å²) in [6, 6.07) is 10.9. The van der Waals surface area contributed by atoms with Crippen LogP contribution in [0.1, 0.15) is 61.0 Å². The van der Waals surface area contributed by atoms with Gasteiger partial charge in [0.25, 0.3) is 0 Å². The minimum atomic E-state index is -0.0943. The number of hydrogen-bond donors (Lipinski definition) is 1. The standard InChI is InChI=1S/C26H33NO3/c1-4-7-18-29-25-17-12-21(9-6-3)26(30-19-8-5-2)23(25)15-16-24(28)20-10-13-22(27)14-11-20/h6,10-17H,3-5,7-9,18-19,27H2,1-2H3. The van der Waals surface area contributed by atoms with Crippen molar-refractivity contribution in [2.24, 2.45) is 0 Å². The molecule has 4 nitrogen and oxygen atoms in total. The zero-order chi connectivity index (χ0) is 21.8. The molecule has 160 valence electrons. The van der Waals surface area contributed by atoms with Crippen LogP contribution in [0.3, 0.4) is 0 Å². The van der Waals surface area contributed by atoms with Gasteiger partial charge in [0.2, 0.25) is 0 Å². The summed E-state index contributed by atoms with van der Waals surface area (Å²) in [5.41, 5.74) is 8.77. The molecule has 0 amide bonds. The second-order valence-corrected chi connectivity index (χ2v) is 7.18. The van der Waals surface area contributed by atoms with Gasteiger partial charge >= 0.3 is 0 Å². The number of hydrogen-bond acceptors (Lipinski definition) is 4. The molecule has 0 aliphatic heterocycles. The van der Waals surface area contributed by atoms with Gasteiger partial charge in [0.05, 0.1) is 18.8 Å². The summed E-state index contributed by atoms with van der Waals surface area (Å²) in [4.78, 5) is 12.7. The van der Waals surface area contributed by atoms with E-state index in [0.717, 1.165) is 48.3 Å². The highest BCUT2D eigenvalue weighted by molar-refractivity contribution is 6.07. The third-order valence-corrected chi connectivity index (χ3v) is 4.70. The number of anilines is 1. The molecule has 0 atom stereocenters. The number of ketones is 1. The van der Waals surface area contributed by atoms with Crippen LogP contribution in [0.4, 0.5) is 5.69 Å². The van der Waals surface area contributed by atoms with E-state index in [0.29, 0.717) is 30.9 Å². The van der Waals surface area contributed by atoms with Gasteiger partial charge in [0.1, 0.15) is 11.5 Å². The number of allylic oxidation sites excluding steroid dienone is 2. The summed E-state index contributed by atoms with van der Waals surface area (Å²) < 4.78 is 12.2. The normalized spacial score (nSPS) is 10.9. The maximum absolute atomic E-state index is 12.7. The van der Waals surface area contributed by atoms with Gasteiger partial charge in [-0.05, 0) is 67.3 Å². The molecular weight excluding hydrogens is 374 g/mol. The highest BCUT2D eigenvalue weighted by Gasteiger charge is 2.14. The molecule has 0 aliphatic carbocycles. The lowest BCUT2D eigenvalue weighted by atomic mass is 10.0. The zero-order valence-electron chi connectivity index (χ0n) is 18.2. The van der Waals surface area contributed by atoms with Gasteiger partial charge in [-0.3, -0.25) is 4.79 Å². The van der Waals surface area contributed by atoms with Crippen molar-refractivity contribution in [2.45, 2.75) is 46.0 Å². The molecule has 2 aromatic rings. The SMILES string of the molecule is C=CCc1ccc(OCCCC)c(C=CC(=O)c2ccc(N)cc2)c1OCCCC. The van der Waals surface area contributed by atoms with E-state index in [9.17, 15) is 4.79 Å². The minimum absolute atomic E-state index is 0.0943. The van der Waals surface area contributed by atoms with E-state index in [4.69, 9.17) is 15.2 Å². The molecule has 2 rings (SSSR count). The third-order valence-electron chi connectivity index (χ3n) is 4.70. The van der Waals surface area contributed by atoms with Gasteiger partial charge in [-0.2, -0.15) is 0 Å². The number of benzene rings is 2. The maximum atomic E-state index is 12.7. The summed E-state index contributed by atoms with van der Waals surface area (Å²) in [6.45, 7) is 9.35. The lowest BCUT2D eigenvalue weighted by Crippen LogP contribution is -2.05. The Morgan fingerprint density at radius 3 is 2.30 bits per heavy atom. The van der Waals surface area contributed by atoms with E-state index in [1.165, 1.54) is 0 Å². The third kappa shape index (κ3) is 6.80.